The summed E-state index contributed by atoms with van der Waals surface area (Å²) in [7, 11) is 0. The monoisotopic (exact) mass is 303 g/mol. The first-order valence-corrected chi connectivity index (χ1v) is 8.10. The zero-order chi connectivity index (χ0) is 15.4. The second-order valence-corrected chi connectivity index (χ2v) is 6.67. The highest BCUT2D eigenvalue weighted by Gasteiger charge is 2.17. The molecule has 0 aliphatic heterocycles. The highest BCUT2D eigenvalue weighted by atomic mass is 32.1. The van der Waals surface area contributed by atoms with Gasteiger partial charge >= 0.3 is 5.13 Å². The normalized spacial score (nSPS) is 13.2. The number of rotatable bonds is 5. The minimum Gasteiger partial charge on any atom is -0.399 e. The minimum atomic E-state index is 0.609. The van der Waals surface area contributed by atoms with Crippen LogP contribution in [0.5, 0.6) is 0 Å². The van der Waals surface area contributed by atoms with E-state index in [4.69, 9.17) is 5.73 Å². The summed E-state index contributed by atoms with van der Waals surface area (Å²) in [6, 6.07) is 5.71. The predicted octanol–water partition coefficient (Wildman–Crippen LogP) is 4.63. The van der Waals surface area contributed by atoms with E-state index in [2.05, 4.69) is 47.1 Å². The predicted molar refractivity (Wildman–Crippen MR) is 88.3 cm³/mol. The Labute approximate surface area is 130 Å². The fraction of sp³-hybridized carbons (Fsp3) is 0.438. The van der Waals surface area contributed by atoms with Gasteiger partial charge in [0.15, 0.2) is 0 Å². The van der Waals surface area contributed by atoms with Gasteiger partial charge in [0.2, 0.25) is 0 Å². The molecular formula is C16H23N4S+. The standard InChI is InChI=1S/C16H22N4S/c1-11(2)13(4)10-20-7-8-21-16(20)19-18-14-5-6-15(17)12(3)9-14/h5-9,11,13,17H,10H2,1-4H3/p+1. The molecule has 5 heteroatoms. The average molecular weight is 303 g/mol. The van der Waals surface area contributed by atoms with E-state index in [1.165, 1.54) is 0 Å². The van der Waals surface area contributed by atoms with E-state index >= 15 is 0 Å². The van der Waals surface area contributed by atoms with Crippen LogP contribution >= 0.6 is 11.3 Å². The van der Waals surface area contributed by atoms with Gasteiger partial charge in [-0.1, -0.05) is 20.8 Å². The van der Waals surface area contributed by atoms with Crippen molar-refractivity contribution in [1.29, 1.82) is 0 Å². The molecule has 0 saturated heterocycles. The van der Waals surface area contributed by atoms with Crippen molar-refractivity contribution < 1.29 is 4.57 Å². The molecular weight excluding hydrogens is 280 g/mol. The molecule has 1 aromatic heterocycles. The first-order chi connectivity index (χ1) is 9.97. The second kappa shape index (κ2) is 6.80. The molecule has 0 saturated carbocycles. The third-order valence-corrected chi connectivity index (χ3v) is 4.57. The van der Waals surface area contributed by atoms with Gasteiger partial charge in [0.05, 0.1) is 11.7 Å². The topological polar surface area (TPSA) is 54.6 Å². The van der Waals surface area contributed by atoms with Crippen LogP contribution < -0.4 is 10.3 Å². The van der Waals surface area contributed by atoms with Crippen molar-refractivity contribution in [3.8, 4) is 0 Å². The summed E-state index contributed by atoms with van der Waals surface area (Å²) in [5.74, 6) is 1.26. The van der Waals surface area contributed by atoms with Crippen molar-refractivity contribution in [3.63, 3.8) is 0 Å². The van der Waals surface area contributed by atoms with Crippen LogP contribution in [0.25, 0.3) is 0 Å². The lowest BCUT2D eigenvalue weighted by Gasteiger charge is -2.12. The van der Waals surface area contributed by atoms with Gasteiger partial charge in [0.25, 0.3) is 0 Å². The summed E-state index contributed by atoms with van der Waals surface area (Å²) < 4.78 is 2.17. The number of azo groups is 1. The summed E-state index contributed by atoms with van der Waals surface area (Å²) in [6.07, 6.45) is 2.08. The van der Waals surface area contributed by atoms with Gasteiger partial charge in [-0.25, -0.2) is 4.57 Å². The molecule has 0 aliphatic rings. The zero-order valence-corrected chi connectivity index (χ0v) is 13.9. The summed E-state index contributed by atoms with van der Waals surface area (Å²) in [5.41, 5.74) is 8.45. The largest absolute Gasteiger partial charge is 0.408 e. The maximum Gasteiger partial charge on any atom is 0.408 e. The number of benzene rings is 1. The number of nitrogens with two attached hydrogens (primary N) is 1. The summed E-state index contributed by atoms with van der Waals surface area (Å²) in [6.45, 7) is 9.70. The Bertz CT molecular complexity index is 631. The molecule has 4 nitrogen and oxygen atoms in total. The number of hydrogen-bond acceptors (Lipinski definition) is 4. The molecule has 0 aliphatic carbocycles. The molecule has 2 aromatic rings. The lowest BCUT2D eigenvalue weighted by molar-refractivity contribution is -0.687. The van der Waals surface area contributed by atoms with E-state index < -0.39 is 0 Å². The zero-order valence-electron chi connectivity index (χ0n) is 13.1. The molecule has 2 rings (SSSR count). The molecule has 0 fully saturated rings. The highest BCUT2D eigenvalue weighted by Crippen LogP contribution is 2.23. The molecule has 1 unspecified atom stereocenters. The molecule has 0 spiro atoms. The van der Waals surface area contributed by atoms with Crippen molar-refractivity contribution in [1.82, 2.24) is 0 Å². The fourth-order valence-corrected chi connectivity index (χ4v) is 2.55. The second-order valence-electron chi connectivity index (χ2n) is 5.80. The van der Waals surface area contributed by atoms with Crippen molar-refractivity contribution >= 4 is 27.8 Å². The van der Waals surface area contributed by atoms with E-state index in [1.807, 2.05) is 25.1 Å². The third-order valence-electron chi connectivity index (χ3n) is 3.79. The molecule has 0 bridgehead atoms. The Balaban J connectivity index is 2.14. The Kier molecular flexibility index (Phi) is 5.07. The first kappa shape index (κ1) is 15.6. The fourth-order valence-electron chi connectivity index (χ4n) is 1.86. The Morgan fingerprint density at radius 2 is 2.00 bits per heavy atom. The number of nitrogens with zero attached hydrogens (tertiary/aromatic N) is 3. The number of thiazole rings is 1. The summed E-state index contributed by atoms with van der Waals surface area (Å²) in [4.78, 5) is 0. The van der Waals surface area contributed by atoms with Crippen LogP contribution in [0.2, 0.25) is 0 Å². The van der Waals surface area contributed by atoms with E-state index in [1.54, 1.807) is 11.3 Å². The maximum absolute atomic E-state index is 5.81. The third kappa shape index (κ3) is 4.11. The van der Waals surface area contributed by atoms with E-state index in [-0.39, 0.29) is 0 Å². The molecule has 1 aromatic carbocycles. The smallest absolute Gasteiger partial charge is 0.399 e. The van der Waals surface area contributed by atoms with Gasteiger partial charge in [-0.05, 0) is 59.0 Å². The Hall–Kier alpha value is -1.75. The number of aryl methyl sites for hydroxylation is 1. The molecule has 112 valence electrons. The van der Waals surface area contributed by atoms with E-state index in [9.17, 15) is 0 Å². The van der Waals surface area contributed by atoms with Crippen molar-refractivity contribution in [2.24, 2.45) is 22.1 Å². The highest BCUT2D eigenvalue weighted by molar-refractivity contribution is 7.12. The average Bonchev–Trinajstić information content (AvgIpc) is 2.87. The summed E-state index contributed by atoms with van der Waals surface area (Å²) in [5, 5.41) is 11.7. The van der Waals surface area contributed by atoms with Gasteiger partial charge < -0.3 is 5.73 Å². The van der Waals surface area contributed by atoms with E-state index in [0.717, 1.165) is 28.6 Å². The van der Waals surface area contributed by atoms with Gasteiger partial charge in [-0.3, -0.25) is 0 Å². The van der Waals surface area contributed by atoms with Crippen LogP contribution in [-0.2, 0) is 6.54 Å². The van der Waals surface area contributed by atoms with Crippen molar-refractivity contribution in [2.45, 2.75) is 34.2 Å². The maximum atomic E-state index is 5.81. The van der Waals surface area contributed by atoms with Crippen LogP contribution in [-0.4, -0.2) is 0 Å². The lowest BCUT2D eigenvalue weighted by Crippen LogP contribution is -2.36. The molecule has 1 atom stereocenters. The van der Waals surface area contributed by atoms with Crippen molar-refractivity contribution in [3.05, 3.63) is 35.3 Å². The minimum absolute atomic E-state index is 0.609. The molecule has 21 heavy (non-hydrogen) atoms. The Morgan fingerprint density at radius 1 is 1.24 bits per heavy atom. The summed E-state index contributed by atoms with van der Waals surface area (Å²) >= 11 is 1.61. The molecule has 1 heterocycles. The molecule has 0 radical (unpaired) electrons. The number of aromatic nitrogens is 1. The quantitative estimate of drug-likeness (QED) is 0.488. The number of nitrogen functional groups attached to an aromatic ring is 1. The van der Waals surface area contributed by atoms with Crippen LogP contribution in [0.1, 0.15) is 26.3 Å². The van der Waals surface area contributed by atoms with Crippen LogP contribution in [0.15, 0.2) is 40.0 Å². The molecule has 2 N–H and O–H groups in total. The first-order valence-electron chi connectivity index (χ1n) is 7.22. The van der Waals surface area contributed by atoms with Gasteiger partial charge in [-0.2, -0.15) is 0 Å². The van der Waals surface area contributed by atoms with E-state index in [0.29, 0.717) is 11.8 Å². The number of anilines is 1. The molecule has 0 amide bonds. The Morgan fingerprint density at radius 3 is 2.67 bits per heavy atom. The van der Waals surface area contributed by atoms with Crippen LogP contribution in [0.3, 0.4) is 0 Å². The van der Waals surface area contributed by atoms with Crippen LogP contribution in [0, 0.1) is 18.8 Å². The van der Waals surface area contributed by atoms with Crippen molar-refractivity contribution in [2.75, 3.05) is 5.73 Å². The van der Waals surface area contributed by atoms with Gasteiger partial charge in [-0.15, -0.1) is 0 Å². The van der Waals surface area contributed by atoms with Gasteiger partial charge in [0, 0.05) is 11.1 Å². The lowest BCUT2D eigenvalue weighted by atomic mass is 9.98. The van der Waals surface area contributed by atoms with Gasteiger partial charge in [0.1, 0.15) is 11.9 Å². The SMILES string of the molecule is Cc1cc(N=Nc2scc[n+]2CC(C)C(C)C)ccc1N. The number of hydrogen-bond donors (Lipinski definition) is 1. The van der Waals surface area contributed by atoms with Crippen LogP contribution in [0.4, 0.5) is 16.5 Å².